The Morgan fingerprint density at radius 1 is 1.00 bits per heavy atom. The van der Waals surface area contributed by atoms with Crippen LogP contribution in [0.5, 0.6) is 0 Å². The van der Waals surface area contributed by atoms with E-state index < -0.39 is 47.4 Å². The Hall–Kier alpha value is -3.62. The Morgan fingerprint density at radius 2 is 1.62 bits per heavy atom. The molecule has 1 aliphatic rings. The van der Waals surface area contributed by atoms with Crippen LogP contribution in [0.2, 0.25) is 0 Å². The maximum absolute atomic E-state index is 13.5. The number of carbonyl (C=O) groups excluding carboxylic acids is 4. The van der Waals surface area contributed by atoms with Gasteiger partial charge in [0, 0.05) is 6.07 Å². The van der Waals surface area contributed by atoms with E-state index in [2.05, 4.69) is 10.2 Å². The van der Waals surface area contributed by atoms with Crippen LogP contribution in [-0.4, -0.2) is 35.3 Å². The molecule has 0 atom stereocenters. The number of rotatable bonds is 4. The van der Waals surface area contributed by atoms with Gasteiger partial charge in [0.15, 0.2) is 0 Å². The number of benzene rings is 2. The summed E-state index contributed by atoms with van der Waals surface area (Å²) in [6.45, 7) is -0.733. The van der Waals surface area contributed by atoms with E-state index in [-0.39, 0.29) is 16.2 Å². The lowest BCUT2D eigenvalue weighted by molar-refractivity contribution is -0.167. The molecule has 7 nitrogen and oxygen atoms in total. The van der Waals surface area contributed by atoms with Crippen LogP contribution in [0.25, 0.3) is 0 Å². The highest BCUT2D eigenvalue weighted by Gasteiger charge is 2.38. The van der Waals surface area contributed by atoms with E-state index >= 15 is 0 Å². The molecule has 0 unspecified atom stereocenters. The third-order valence-electron chi connectivity index (χ3n) is 3.52. The molecule has 26 heavy (non-hydrogen) atoms. The SMILES string of the molecule is O=C(CNC(=O)c1ccc(F)cc1F)ON1C(=O)c2ccccc2C1=O. The van der Waals surface area contributed by atoms with Gasteiger partial charge in [-0.05, 0) is 24.3 Å². The smallest absolute Gasteiger partial charge is 0.341 e. The topological polar surface area (TPSA) is 92.8 Å². The Labute approximate surface area is 145 Å². The standard InChI is InChI=1S/C17H10F2N2O5/c18-9-5-6-12(13(19)7-9)15(23)20-8-14(22)26-21-16(24)10-3-1-2-4-11(10)17(21)25/h1-7H,8H2,(H,20,23). The summed E-state index contributed by atoms with van der Waals surface area (Å²) in [6, 6.07) is 8.22. The van der Waals surface area contributed by atoms with E-state index in [0.717, 1.165) is 12.1 Å². The highest BCUT2D eigenvalue weighted by Crippen LogP contribution is 2.22. The van der Waals surface area contributed by atoms with E-state index in [4.69, 9.17) is 0 Å². The highest BCUT2D eigenvalue weighted by atomic mass is 19.1. The molecule has 2 aromatic carbocycles. The van der Waals surface area contributed by atoms with Crippen LogP contribution in [0.15, 0.2) is 42.5 Å². The largest absolute Gasteiger partial charge is 0.352 e. The Morgan fingerprint density at radius 3 is 2.19 bits per heavy atom. The van der Waals surface area contributed by atoms with E-state index in [0.29, 0.717) is 6.07 Å². The van der Waals surface area contributed by atoms with Crippen molar-refractivity contribution in [2.75, 3.05) is 6.54 Å². The number of hydrogen-bond acceptors (Lipinski definition) is 5. The molecule has 0 saturated carbocycles. The number of hydroxylamine groups is 2. The molecular weight excluding hydrogens is 350 g/mol. The summed E-state index contributed by atoms with van der Waals surface area (Å²) in [5.41, 5.74) is -0.301. The van der Waals surface area contributed by atoms with Gasteiger partial charge >= 0.3 is 5.97 Å². The molecule has 9 heteroatoms. The van der Waals surface area contributed by atoms with Gasteiger partial charge in [-0.25, -0.2) is 13.6 Å². The van der Waals surface area contributed by atoms with Gasteiger partial charge in [-0.3, -0.25) is 14.4 Å². The Balaban J connectivity index is 1.61. The number of halogens is 2. The Kier molecular flexibility index (Phi) is 4.44. The number of amides is 3. The van der Waals surface area contributed by atoms with Crippen LogP contribution in [0, 0.1) is 11.6 Å². The highest BCUT2D eigenvalue weighted by molar-refractivity contribution is 6.20. The maximum Gasteiger partial charge on any atom is 0.352 e. The molecule has 0 aromatic heterocycles. The van der Waals surface area contributed by atoms with Crippen molar-refractivity contribution < 1.29 is 32.8 Å². The zero-order chi connectivity index (χ0) is 18.8. The van der Waals surface area contributed by atoms with Gasteiger partial charge in [0.05, 0.1) is 16.7 Å². The molecule has 3 rings (SSSR count). The lowest BCUT2D eigenvalue weighted by Gasteiger charge is -2.13. The van der Waals surface area contributed by atoms with Gasteiger partial charge in [0.25, 0.3) is 17.7 Å². The van der Waals surface area contributed by atoms with E-state index in [1.807, 2.05) is 0 Å². The summed E-state index contributed by atoms with van der Waals surface area (Å²) >= 11 is 0. The van der Waals surface area contributed by atoms with Gasteiger partial charge in [-0.15, -0.1) is 0 Å². The van der Waals surface area contributed by atoms with Crippen LogP contribution in [0.1, 0.15) is 31.1 Å². The minimum atomic E-state index is -1.12. The van der Waals surface area contributed by atoms with Crippen molar-refractivity contribution in [2.45, 2.75) is 0 Å². The van der Waals surface area contributed by atoms with Gasteiger partial charge in [0.1, 0.15) is 18.2 Å². The summed E-state index contributed by atoms with van der Waals surface area (Å²) in [5, 5.41) is 2.35. The molecule has 0 spiro atoms. The molecule has 0 fully saturated rings. The van der Waals surface area contributed by atoms with Gasteiger partial charge in [-0.2, -0.15) is 0 Å². The average molecular weight is 360 g/mol. The van der Waals surface area contributed by atoms with Crippen molar-refractivity contribution in [3.8, 4) is 0 Å². The summed E-state index contributed by atoms with van der Waals surface area (Å²) in [6.07, 6.45) is 0. The molecule has 1 heterocycles. The van der Waals surface area contributed by atoms with Crippen molar-refractivity contribution in [1.29, 1.82) is 0 Å². The zero-order valence-corrected chi connectivity index (χ0v) is 13.0. The number of imide groups is 1. The first-order valence-electron chi connectivity index (χ1n) is 7.30. The van der Waals surface area contributed by atoms with Crippen molar-refractivity contribution in [2.24, 2.45) is 0 Å². The third-order valence-corrected chi connectivity index (χ3v) is 3.52. The van der Waals surface area contributed by atoms with Crippen molar-refractivity contribution in [3.05, 3.63) is 70.8 Å². The van der Waals surface area contributed by atoms with Crippen LogP contribution >= 0.6 is 0 Å². The normalized spacial score (nSPS) is 12.8. The first-order chi connectivity index (χ1) is 12.4. The van der Waals surface area contributed by atoms with Crippen molar-refractivity contribution in [3.63, 3.8) is 0 Å². The summed E-state index contributed by atoms with van der Waals surface area (Å²) in [7, 11) is 0. The molecule has 1 N–H and O–H groups in total. The van der Waals surface area contributed by atoms with Gasteiger partial charge in [0.2, 0.25) is 0 Å². The van der Waals surface area contributed by atoms with E-state index in [1.165, 1.54) is 12.1 Å². The van der Waals surface area contributed by atoms with Crippen LogP contribution in [0.3, 0.4) is 0 Å². The summed E-state index contributed by atoms with van der Waals surface area (Å²) in [5.74, 6) is -5.68. The number of fused-ring (bicyclic) bond motifs is 1. The minimum Gasteiger partial charge on any atom is -0.341 e. The molecule has 0 aliphatic carbocycles. The van der Waals surface area contributed by atoms with Gasteiger partial charge in [-0.1, -0.05) is 17.2 Å². The molecule has 2 aromatic rings. The number of hydrogen-bond donors (Lipinski definition) is 1. The van der Waals surface area contributed by atoms with Gasteiger partial charge < -0.3 is 10.2 Å². The fraction of sp³-hybridized carbons (Fsp3) is 0.0588. The fourth-order valence-corrected chi connectivity index (χ4v) is 2.31. The number of nitrogens with zero attached hydrogens (tertiary/aromatic N) is 1. The number of carbonyl (C=O) groups is 4. The first kappa shape index (κ1) is 17.2. The average Bonchev–Trinajstić information content (AvgIpc) is 2.85. The molecule has 0 bridgehead atoms. The quantitative estimate of drug-likeness (QED) is 0.833. The van der Waals surface area contributed by atoms with E-state index in [9.17, 15) is 28.0 Å². The minimum absolute atomic E-state index is 0.0859. The predicted octanol–water partition coefficient (Wildman–Crippen LogP) is 1.45. The van der Waals surface area contributed by atoms with Crippen LogP contribution < -0.4 is 5.32 Å². The molecule has 132 valence electrons. The first-order valence-corrected chi connectivity index (χ1v) is 7.30. The second-order valence-corrected chi connectivity index (χ2v) is 5.22. The van der Waals surface area contributed by atoms with Crippen LogP contribution in [0.4, 0.5) is 8.78 Å². The van der Waals surface area contributed by atoms with Crippen molar-refractivity contribution in [1.82, 2.24) is 10.4 Å². The molecular formula is C17H10F2N2O5. The molecule has 1 aliphatic heterocycles. The third kappa shape index (κ3) is 3.14. The summed E-state index contributed by atoms with van der Waals surface area (Å²) < 4.78 is 26.3. The molecule has 0 radical (unpaired) electrons. The lowest BCUT2D eigenvalue weighted by Crippen LogP contribution is -2.38. The second kappa shape index (κ2) is 6.71. The number of nitrogens with one attached hydrogen (secondary N) is 1. The lowest BCUT2D eigenvalue weighted by atomic mass is 10.1. The Bertz CT molecular complexity index is 910. The maximum atomic E-state index is 13.5. The molecule has 3 amide bonds. The van der Waals surface area contributed by atoms with Crippen molar-refractivity contribution >= 4 is 23.7 Å². The summed E-state index contributed by atoms with van der Waals surface area (Å²) in [4.78, 5) is 52.3. The van der Waals surface area contributed by atoms with E-state index in [1.54, 1.807) is 12.1 Å². The molecule has 0 saturated heterocycles. The predicted molar refractivity (Wildman–Crippen MR) is 81.7 cm³/mol. The van der Waals surface area contributed by atoms with Crippen LogP contribution in [-0.2, 0) is 9.63 Å². The fourth-order valence-electron chi connectivity index (χ4n) is 2.31. The zero-order valence-electron chi connectivity index (χ0n) is 13.0. The monoisotopic (exact) mass is 360 g/mol. The second-order valence-electron chi connectivity index (χ2n) is 5.22.